The molecular weight excluding hydrogens is 250 g/mol. The topological polar surface area (TPSA) is 29.5 Å². The fourth-order valence-corrected chi connectivity index (χ4v) is 2.58. The second kappa shape index (κ2) is 5.78. The summed E-state index contributed by atoms with van der Waals surface area (Å²) in [5, 5.41) is 0. The van der Waals surface area contributed by atoms with E-state index in [1.165, 1.54) is 0 Å². The molecule has 20 heavy (non-hydrogen) atoms. The van der Waals surface area contributed by atoms with Gasteiger partial charge in [0.15, 0.2) is 0 Å². The van der Waals surface area contributed by atoms with E-state index < -0.39 is 0 Å². The fourth-order valence-electron chi connectivity index (χ4n) is 2.58. The molecule has 3 rings (SSSR count). The van der Waals surface area contributed by atoms with Crippen LogP contribution in [0, 0.1) is 0 Å². The van der Waals surface area contributed by atoms with Gasteiger partial charge in [-0.15, -0.1) is 0 Å². The summed E-state index contributed by atoms with van der Waals surface area (Å²) in [6, 6.07) is 19.7. The van der Waals surface area contributed by atoms with Gasteiger partial charge in [0, 0.05) is 11.4 Å². The van der Waals surface area contributed by atoms with Gasteiger partial charge in [-0.05, 0) is 37.1 Å². The Kier molecular flexibility index (Phi) is 3.68. The van der Waals surface area contributed by atoms with Gasteiger partial charge in [0.05, 0.1) is 6.61 Å². The maximum absolute atomic E-state index is 12.1. The number of esters is 1. The summed E-state index contributed by atoms with van der Waals surface area (Å²) >= 11 is 0. The van der Waals surface area contributed by atoms with Gasteiger partial charge in [-0.1, -0.05) is 36.4 Å². The Labute approximate surface area is 118 Å². The number of carbonyl (C=O) groups excluding carboxylic acids is 1. The van der Waals surface area contributed by atoms with Crippen molar-refractivity contribution in [2.45, 2.75) is 18.9 Å². The number of cyclic esters (lactones) is 1. The number of para-hydroxylation sites is 2. The maximum atomic E-state index is 12.1. The number of benzene rings is 2. The lowest BCUT2D eigenvalue weighted by Crippen LogP contribution is -2.42. The van der Waals surface area contributed by atoms with Gasteiger partial charge < -0.3 is 9.64 Å². The smallest absolute Gasteiger partial charge is 0.329 e. The monoisotopic (exact) mass is 267 g/mol. The van der Waals surface area contributed by atoms with Crippen LogP contribution in [-0.4, -0.2) is 18.6 Å². The van der Waals surface area contributed by atoms with E-state index in [4.69, 9.17) is 4.74 Å². The number of carbonyl (C=O) groups is 1. The lowest BCUT2D eigenvalue weighted by molar-refractivity contribution is -0.148. The summed E-state index contributed by atoms with van der Waals surface area (Å²) < 4.78 is 5.23. The molecule has 1 unspecified atom stereocenters. The third kappa shape index (κ3) is 2.52. The standard InChI is InChI=1S/C17H17NO2/c19-17-16(12-7-13-20-17)18(14-8-3-1-4-9-14)15-10-5-2-6-11-15/h1-6,8-11,16H,7,12-13H2. The summed E-state index contributed by atoms with van der Waals surface area (Å²) in [5.74, 6) is -0.135. The molecule has 1 aliphatic rings. The van der Waals surface area contributed by atoms with Crippen LogP contribution in [0.25, 0.3) is 0 Å². The average molecular weight is 267 g/mol. The van der Waals surface area contributed by atoms with E-state index in [2.05, 4.69) is 4.90 Å². The van der Waals surface area contributed by atoms with E-state index in [0.717, 1.165) is 24.2 Å². The van der Waals surface area contributed by atoms with Gasteiger partial charge >= 0.3 is 5.97 Å². The van der Waals surface area contributed by atoms with Crippen LogP contribution in [0.4, 0.5) is 11.4 Å². The molecule has 102 valence electrons. The first kappa shape index (κ1) is 12.7. The summed E-state index contributed by atoms with van der Waals surface area (Å²) in [5.41, 5.74) is 2.03. The van der Waals surface area contributed by atoms with Crippen molar-refractivity contribution >= 4 is 17.3 Å². The Morgan fingerprint density at radius 3 is 1.95 bits per heavy atom. The molecule has 0 amide bonds. The molecule has 1 atom stereocenters. The molecule has 2 aromatic carbocycles. The normalized spacial score (nSPS) is 18.4. The van der Waals surface area contributed by atoms with E-state index in [1.807, 2.05) is 60.7 Å². The van der Waals surface area contributed by atoms with Gasteiger partial charge in [-0.3, -0.25) is 0 Å². The van der Waals surface area contributed by atoms with Crippen molar-refractivity contribution in [3.8, 4) is 0 Å². The molecule has 1 saturated heterocycles. The second-order valence-corrected chi connectivity index (χ2v) is 4.87. The Morgan fingerprint density at radius 2 is 1.45 bits per heavy atom. The minimum atomic E-state index is -0.242. The summed E-state index contributed by atoms with van der Waals surface area (Å²) in [7, 11) is 0. The van der Waals surface area contributed by atoms with Crippen molar-refractivity contribution in [1.82, 2.24) is 0 Å². The van der Waals surface area contributed by atoms with Crippen LogP contribution in [-0.2, 0) is 9.53 Å². The number of rotatable bonds is 3. The van der Waals surface area contributed by atoms with E-state index in [-0.39, 0.29) is 12.0 Å². The maximum Gasteiger partial charge on any atom is 0.329 e. The first-order chi connectivity index (χ1) is 9.86. The van der Waals surface area contributed by atoms with Crippen molar-refractivity contribution < 1.29 is 9.53 Å². The van der Waals surface area contributed by atoms with Crippen molar-refractivity contribution in [3.63, 3.8) is 0 Å². The van der Waals surface area contributed by atoms with Crippen LogP contribution in [0.1, 0.15) is 12.8 Å². The van der Waals surface area contributed by atoms with Crippen molar-refractivity contribution in [3.05, 3.63) is 60.7 Å². The Hall–Kier alpha value is -2.29. The highest BCUT2D eigenvalue weighted by atomic mass is 16.5. The number of hydrogen-bond acceptors (Lipinski definition) is 3. The Bertz CT molecular complexity index is 529. The molecule has 1 heterocycles. The molecule has 1 fully saturated rings. The highest BCUT2D eigenvalue weighted by molar-refractivity contribution is 5.84. The molecule has 3 nitrogen and oxygen atoms in total. The molecule has 0 saturated carbocycles. The first-order valence-corrected chi connectivity index (χ1v) is 6.92. The Balaban J connectivity index is 2.02. The third-order valence-electron chi connectivity index (χ3n) is 3.52. The van der Waals surface area contributed by atoms with Crippen LogP contribution in [0.5, 0.6) is 0 Å². The average Bonchev–Trinajstić information content (AvgIpc) is 2.52. The van der Waals surface area contributed by atoms with E-state index in [9.17, 15) is 4.79 Å². The quantitative estimate of drug-likeness (QED) is 0.797. The zero-order chi connectivity index (χ0) is 13.8. The van der Waals surface area contributed by atoms with Gasteiger partial charge in [0.2, 0.25) is 0 Å². The second-order valence-electron chi connectivity index (χ2n) is 4.87. The molecule has 0 aromatic heterocycles. The number of hydrogen-bond donors (Lipinski definition) is 0. The molecule has 3 heteroatoms. The molecule has 0 aliphatic carbocycles. The SMILES string of the molecule is O=C1OCCCC1N(c1ccccc1)c1ccccc1. The number of anilines is 2. The van der Waals surface area contributed by atoms with Crippen LogP contribution >= 0.6 is 0 Å². The van der Waals surface area contributed by atoms with Crippen LogP contribution < -0.4 is 4.90 Å². The molecule has 0 N–H and O–H groups in total. The molecule has 0 spiro atoms. The number of nitrogens with zero attached hydrogens (tertiary/aromatic N) is 1. The van der Waals surface area contributed by atoms with E-state index in [1.54, 1.807) is 0 Å². The van der Waals surface area contributed by atoms with Gasteiger partial charge in [0.25, 0.3) is 0 Å². The van der Waals surface area contributed by atoms with Crippen LogP contribution in [0.15, 0.2) is 60.7 Å². The Morgan fingerprint density at radius 1 is 0.900 bits per heavy atom. The zero-order valence-corrected chi connectivity index (χ0v) is 11.2. The van der Waals surface area contributed by atoms with Crippen LogP contribution in [0.3, 0.4) is 0 Å². The van der Waals surface area contributed by atoms with Crippen molar-refractivity contribution in [1.29, 1.82) is 0 Å². The highest BCUT2D eigenvalue weighted by Crippen LogP contribution is 2.30. The predicted octanol–water partition coefficient (Wildman–Crippen LogP) is 3.53. The third-order valence-corrected chi connectivity index (χ3v) is 3.52. The van der Waals surface area contributed by atoms with Crippen molar-refractivity contribution in [2.75, 3.05) is 11.5 Å². The highest BCUT2D eigenvalue weighted by Gasteiger charge is 2.31. The molecule has 1 aliphatic heterocycles. The largest absolute Gasteiger partial charge is 0.464 e. The van der Waals surface area contributed by atoms with Gasteiger partial charge in [-0.25, -0.2) is 4.79 Å². The lowest BCUT2D eigenvalue weighted by atomic mass is 10.1. The van der Waals surface area contributed by atoms with E-state index >= 15 is 0 Å². The molecule has 2 aromatic rings. The minimum Gasteiger partial charge on any atom is -0.464 e. The summed E-state index contributed by atoms with van der Waals surface area (Å²) in [6.07, 6.45) is 1.73. The van der Waals surface area contributed by atoms with Crippen molar-refractivity contribution in [2.24, 2.45) is 0 Å². The zero-order valence-electron chi connectivity index (χ0n) is 11.2. The van der Waals surface area contributed by atoms with Crippen LogP contribution in [0.2, 0.25) is 0 Å². The summed E-state index contributed by atoms with van der Waals surface area (Å²) in [6.45, 7) is 0.534. The molecule has 0 radical (unpaired) electrons. The first-order valence-electron chi connectivity index (χ1n) is 6.92. The summed E-state index contributed by atoms with van der Waals surface area (Å²) in [4.78, 5) is 14.2. The predicted molar refractivity (Wildman–Crippen MR) is 79.0 cm³/mol. The minimum absolute atomic E-state index is 0.135. The molecule has 0 bridgehead atoms. The van der Waals surface area contributed by atoms with E-state index in [0.29, 0.717) is 6.61 Å². The fraction of sp³-hybridized carbons (Fsp3) is 0.235. The molecular formula is C17H17NO2. The lowest BCUT2D eigenvalue weighted by Gasteiger charge is -2.34. The number of ether oxygens (including phenoxy) is 1. The van der Waals surface area contributed by atoms with Gasteiger partial charge in [-0.2, -0.15) is 0 Å². The van der Waals surface area contributed by atoms with Gasteiger partial charge in [0.1, 0.15) is 6.04 Å².